The highest BCUT2D eigenvalue weighted by Crippen LogP contribution is 2.27. The molecule has 0 saturated heterocycles. The van der Waals surface area contributed by atoms with Crippen molar-refractivity contribution in [3.05, 3.63) is 23.8 Å². The predicted octanol–water partition coefficient (Wildman–Crippen LogP) is 3.15. The van der Waals surface area contributed by atoms with Crippen LogP contribution in [0.15, 0.2) is 23.1 Å². The molecule has 0 radical (unpaired) electrons. The summed E-state index contributed by atoms with van der Waals surface area (Å²) < 4.78 is 25.8. The molecule has 0 bridgehead atoms. The number of sulfonamides is 1. The molecule has 1 saturated carbocycles. The number of nitrogens with zero attached hydrogens (tertiary/aromatic N) is 1. The van der Waals surface area contributed by atoms with Gasteiger partial charge in [-0.2, -0.15) is 0 Å². The van der Waals surface area contributed by atoms with E-state index in [0.29, 0.717) is 23.6 Å². The zero-order chi connectivity index (χ0) is 17.0. The lowest BCUT2D eigenvalue weighted by Crippen LogP contribution is -2.23. The van der Waals surface area contributed by atoms with Gasteiger partial charge in [0.15, 0.2) is 0 Å². The van der Waals surface area contributed by atoms with Crippen molar-refractivity contribution >= 4 is 21.6 Å². The Morgan fingerprint density at radius 3 is 2.48 bits per heavy atom. The van der Waals surface area contributed by atoms with Crippen LogP contribution >= 0.6 is 0 Å². The largest absolute Gasteiger partial charge is 0.326 e. The third kappa shape index (κ3) is 4.54. The summed E-state index contributed by atoms with van der Waals surface area (Å²) in [6.07, 6.45) is 6.41. The number of carbonyl (C=O) groups is 1. The first-order valence-electron chi connectivity index (χ1n) is 8.13. The minimum Gasteiger partial charge on any atom is -0.326 e. The molecule has 1 aromatic rings. The maximum atomic E-state index is 12.3. The average Bonchev–Trinajstić information content (AvgIpc) is 2.49. The van der Waals surface area contributed by atoms with Crippen molar-refractivity contribution in [2.45, 2.75) is 50.3 Å². The van der Waals surface area contributed by atoms with Gasteiger partial charge in [0.1, 0.15) is 0 Å². The van der Waals surface area contributed by atoms with Crippen molar-refractivity contribution in [2.24, 2.45) is 5.92 Å². The van der Waals surface area contributed by atoms with E-state index in [-0.39, 0.29) is 10.8 Å². The van der Waals surface area contributed by atoms with Gasteiger partial charge in [-0.25, -0.2) is 12.7 Å². The van der Waals surface area contributed by atoms with Crippen LogP contribution in [0.1, 0.15) is 44.1 Å². The summed E-state index contributed by atoms with van der Waals surface area (Å²) in [4.78, 5) is 12.4. The number of hydrogen-bond donors (Lipinski definition) is 1. The molecule has 128 valence electrons. The Morgan fingerprint density at radius 1 is 1.22 bits per heavy atom. The van der Waals surface area contributed by atoms with Crippen molar-refractivity contribution in [1.82, 2.24) is 4.31 Å². The van der Waals surface area contributed by atoms with Crippen LogP contribution in [0.3, 0.4) is 0 Å². The van der Waals surface area contributed by atoms with Crippen LogP contribution < -0.4 is 5.32 Å². The lowest BCUT2D eigenvalue weighted by molar-refractivity contribution is -0.117. The van der Waals surface area contributed by atoms with Gasteiger partial charge in [-0.15, -0.1) is 0 Å². The Morgan fingerprint density at radius 2 is 1.87 bits per heavy atom. The quantitative estimate of drug-likeness (QED) is 0.897. The Kier molecular flexibility index (Phi) is 5.81. The number of anilines is 1. The molecule has 0 unspecified atom stereocenters. The van der Waals surface area contributed by atoms with Gasteiger partial charge in [0.2, 0.25) is 15.9 Å². The van der Waals surface area contributed by atoms with E-state index >= 15 is 0 Å². The second kappa shape index (κ2) is 7.45. The van der Waals surface area contributed by atoms with E-state index in [2.05, 4.69) is 5.32 Å². The summed E-state index contributed by atoms with van der Waals surface area (Å²) in [5.74, 6) is 0.424. The molecule has 0 spiro atoms. The molecule has 1 aromatic carbocycles. The van der Waals surface area contributed by atoms with Crippen molar-refractivity contribution < 1.29 is 13.2 Å². The van der Waals surface area contributed by atoms with Crippen LogP contribution in [-0.2, 0) is 14.8 Å². The van der Waals surface area contributed by atoms with Crippen LogP contribution in [0.2, 0.25) is 0 Å². The van der Waals surface area contributed by atoms with Gasteiger partial charge in [-0.1, -0.05) is 25.3 Å². The lowest BCUT2D eigenvalue weighted by atomic mass is 9.87. The first-order valence-corrected chi connectivity index (χ1v) is 9.57. The number of benzene rings is 1. The number of amides is 1. The molecule has 2 rings (SSSR count). The predicted molar refractivity (Wildman–Crippen MR) is 91.9 cm³/mol. The normalized spacial score (nSPS) is 16.5. The topological polar surface area (TPSA) is 66.5 Å². The molecule has 0 heterocycles. The fourth-order valence-corrected chi connectivity index (χ4v) is 4.16. The van der Waals surface area contributed by atoms with E-state index < -0.39 is 10.0 Å². The SMILES string of the molecule is Cc1ccc(NC(=O)CC2CCCCC2)cc1S(=O)(=O)N(C)C. The summed E-state index contributed by atoms with van der Waals surface area (Å²) in [5.41, 5.74) is 1.21. The van der Waals surface area contributed by atoms with Crippen molar-refractivity contribution in [2.75, 3.05) is 19.4 Å². The number of aryl methyl sites for hydroxylation is 1. The Balaban J connectivity index is 2.10. The Labute approximate surface area is 139 Å². The maximum Gasteiger partial charge on any atom is 0.242 e. The first kappa shape index (κ1) is 17.9. The van der Waals surface area contributed by atoms with Crippen LogP contribution in [0, 0.1) is 12.8 Å². The summed E-state index contributed by atoms with van der Waals surface area (Å²) in [7, 11) is -0.505. The standard InChI is InChI=1S/C17H26N2O3S/c1-13-9-10-15(12-16(13)23(21,22)19(2)3)18-17(20)11-14-7-5-4-6-8-14/h9-10,12,14H,4-8,11H2,1-3H3,(H,18,20). The zero-order valence-corrected chi connectivity index (χ0v) is 14.9. The highest BCUT2D eigenvalue weighted by atomic mass is 32.2. The maximum absolute atomic E-state index is 12.3. The molecule has 1 aliphatic carbocycles. The highest BCUT2D eigenvalue weighted by molar-refractivity contribution is 7.89. The molecule has 5 nitrogen and oxygen atoms in total. The van der Waals surface area contributed by atoms with Gasteiger partial charge in [0.25, 0.3) is 0 Å². The Hall–Kier alpha value is -1.40. The molecular formula is C17H26N2O3S. The van der Waals surface area contributed by atoms with Gasteiger partial charge < -0.3 is 5.32 Å². The van der Waals surface area contributed by atoms with Crippen LogP contribution in [0.5, 0.6) is 0 Å². The molecule has 6 heteroatoms. The highest BCUT2D eigenvalue weighted by Gasteiger charge is 2.21. The molecule has 1 aliphatic rings. The van der Waals surface area contributed by atoms with Gasteiger partial charge >= 0.3 is 0 Å². The molecule has 1 amide bonds. The van der Waals surface area contributed by atoms with Gasteiger partial charge in [0, 0.05) is 26.2 Å². The van der Waals surface area contributed by atoms with Gasteiger partial charge in [0.05, 0.1) is 4.90 Å². The minimum absolute atomic E-state index is 0.0334. The average molecular weight is 338 g/mol. The van der Waals surface area contributed by atoms with Gasteiger partial charge in [-0.05, 0) is 43.4 Å². The minimum atomic E-state index is -3.51. The Bertz CT molecular complexity index is 662. The third-order valence-corrected chi connectivity index (χ3v) is 6.39. The second-order valence-electron chi connectivity index (χ2n) is 6.52. The fourth-order valence-electron chi connectivity index (χ4n) is 3.02. The van der Waals surface area contributed by atoms with Gasteiger partial charge in [-0.3, -0.25) is 4.79 Å². The number of rotatable bonds is 5. The summed E-state index contributed by atoms with van der Waals surface area (Å²) in [6, 6.07) is 5.03. The smallest absolute Gasteiger partial charge is 0.242 e. The van der Waals surface area contributed by atoms with E-state index in [0.717, 1.165) is 12.8 Å². The van der Waals surface area contributed by atoms with Crippen LogP contribution in [-0.4, -0.2) is 32.7 Å². The summed E-state index contributed by atoms with van der Waals surface area (Å²) >= 11 is 0. The zero-order valence-electron chi connectivity index (χ0n) is 14.1. The van der Waals surface area contributed by atoms with Crippen molar-refractivity contribution in [3.8, 4) is 0 Å². The summed E-state index contributed by atoms with van der Waals surface area (Å²) in [6.45, 7) is 1.75. The van der Waals surface area contributed by atoms with E-state index in [1.807, 2.05) is 0 Å². The van der Waals surface area contributed by atoms with E-state index in [1.165, 1.54) is 37.7 Å². The fraction of sp³-hybridized carbons (Fsp3) is 0.588. The summed E-state index contributed by atoms with van der Waals surface area (Å²) in [5, 5.41) is 2.85. The second-order valence-corrected chi connectivity index (χ2v) is 8.64. The molecule has 23 heavy (non-hydrogen) atoms. The third-order valence-electron chi connectivity index (χ3n) is 4.43. The van der Waals surface area contributed by atoms with Crippen LogP contribution in [0.4, 0.5) is 5.69 Å². The monoisotopic (exact) mass is 338 g/mol. The van der Waals surface area contributed by atoms with Crippen LogP contribution in [0.25, 0.3) is 0 Å². The van der Waals surface area contributed by atoms with E-state index in [4.69, 9.17) is 0 Å². The van der Waals surface area contributed by atoms with Crippen molar-refractivity contribution in [1.29, 1.82) is 0 Å². The number of hydrogen-bond acceptors (Lipinski definition) is 3. The molecule has 0 aromatic heterocycles. The van der Waals surface area contributed by atoms with E-state index in [1.54, 1.807) is 25.1 Å². The van der Waals surface area contributed by atoms with Crippen molar-refractivity contribution in [3.63, 3.8) is 0 Å². The number of carbonyl (C=O) groups excluding carboxylic acids is 1. The molecule has 1 N–H and O–H groups in total. The molecule has 1 fully saturated rings. The molecular weight excluding hydrogens is 312 g/mol. The number of nitrogens with one attached hydrogen (secondary N) is 1. The molecule has 0 atom stereocenters. The lowest BCUT2D eigenvalue weighted by Gasteiger charge is -2.21. The molecule has 0 aliphatic heterocycles. The van der Waals surface area contributed by atoms with E-state index in [9.17, 15) is 13.2 Å². The first-order chi connectivity index (χ1) is 10.8.